The van der Waals surface area contributed by atoms with E-state index in [1.165, 1.54) is 16.4 Å². The monoisotopic (exact) mass is 363 g/mol. The average molecular weight is 363 g/mol. The quantitative estimate of drug-likeness (QED) is 0.600. The number of thioether (sulfide) groups is 1. The van der Waals surface area contributed by atoms with Gasteiger partial charge in [0.15, 0.2) is 5.82 Å². The summed E-state index contributed by atoms with van der Waals surface area (Å²) in [7, 11) is 1.61. The molecule has 0 spiro atoms. The van der Waals surface area contributed by atoms with Crippen molar-refractivity contribution in [1.82, 2.24) is 19.8 Å². The van der Waals surface area contributed by atoms with Crippen LogP contribution in [0.1, 0.15) is 27.7 Å². The summed E-state index contributed by atoms with van der Waals surface area (Å²) >= 11 is 1.29. The molecule has 25 heavy (non-hydrogen) atoms. The van der Waals surface area contributed by atoms with E-state index in [-0.39, 0.29) is 23.7 Å². The first-order valence-corrected chi connectivity index (χ1v) is 9.12. The molecule has 0 bridgehead atoms. The first-order valence-electron chi connectivity index (χ1n) is 8.14. The minimum absolute atomic E-state index is 0.0593. The van der Waals surface area contributed by atoms with Crippen molar-refractivity contribution in [2.75, 3.05) is 18.7 Å². The zero-order valence-electron chi connectivity index (χ0n) is 15.3. The molecule has 2 N–H and O–H groups in total. The van der Waals surface area contributed by atoms with Gasteiger partial charge in [-0.3, -0.25) is 4.79 Å². The van der Waals surface area contributed by atoms with Gasteiger partial charge < -0.3 is 15.5 Å². The highest BCUT2D eigenvalue weighted by atomic mass is 32.2. The van der Waals surface area contributed by atoms with Crippen LogP contribution in [0.15, 0.2) is 29.4 Å². The zero-order valence-corrected chi connectivity index (χ0v) is 16.1. The number of hydrogen-bond acceptors (Lipinski definition) is 6. The predicted molar refractivity (Wildman–Crippen MR) is 100 cm³/mol. The highest BCUT2D eigenvalue weighted by Gasteiger charge is 2.21. The SMILES string of the molecule is COc1ccc(-c2nnc(SCC(=O)N(C(C)C)C(C)C)n2N)cc1. The third-order valence-electron chi connectivity index (χ3n) is 3.74. The maximum absolute atomic E-state index is 12.5. The summed E-state index contributed by atoms with van der Waals surface area (Å²) < 4.78 is 6.56. The molecule has 0 aliphatic rings. The molecule has 0 atom stereocenters. The van der Waals surface area contributed by atoms with Crippen molar-refractivity contribution >= 4 is 17.7 Å². The molecule has 2 aromatic rings. The molecule has 0 radical (unpaired) electrons. The molecule has 136 valence electrons. The van der Waals surface area contributed by atoms with Gasteiger partial charge in [0.2, 0.25) is 11.1 Å². The van der Waals surface area contributed by atoms with Crippen LogP contribution in [0.3, 0.4) is 0 Å². The molecule has 0 aliphatic carbocycles. The number of rotatable bonds is 7. The second kappa shape index (κ2) is 8.24. The fourth-order valence-corrected chi connectivity index (χ4v) is 3.41. The molecule has 0 fully saturated rings. The molecule has 7 nitrogen and oxygen atoms in total. The Balaban J connectivity index is 2.09. The molecule has 1 aromatic heterocycles. The summed E-state index contributed by atoms with van der Waals surface area (Å²) in [6, 6.07) is 7.71. The van der Waals surface area contributed by atoms with E-state index in [9.17, 15) is 4.79 Å². The number of nitrogens with zero attached hydrogens (tertiary/aromatic N) is 4. The second-order valence-electron chi connectivity index (χ2n) is 6.18. The van der Waals surface area contributed by atoms with Gasteiger partial charge in [-0.2, -0.15) is 0 Å². The minimum atomic E-state index is 0.0593. The van der Waals surface area contributed by atoms with E-state index in [0.717, 1.165) is 11.3 Å². The first kappa shape index (κ1) is 19.1. The summed E-state index contributed by atoms with van der Waals surface area (Å²) in [5, 5.41) is 8.75. The molecule has 0 saturated carbocycles. The molecule has 1 heterocycles. The van der Waals surface area contributed by atoms with Crippen molar-refractivity contribution in [1.29, 1.82) is 0 Å². The molecule has 1 amide bonds. The summed E-state index contributed by atoms with van der Waals surface area (Å²) in [6.07, 6.45) is 0. The highest BCUT2D eigenvalue weighted by molar-refractivity contribution is 7.99. The lowest BCUT2D eigenvalue weighted by molar-refractivity contribution is -0.131. The van der Waals surface area contributed by atoms with E-state index in [4.69, 9.17) is 10.6 Å². The summed E-state index contributed by atoms with van der Waals surface area (Å²) in [5.41, 5.74) is 0.833. The molecular weight excluding hydrogens is 338 g/mol. The van der Waals surface area contributed by atoms with Gasteiger partial charge in [0.1, 0.15) is 5.75 Å². The smallest absolute Gasteiger partial charge is 0.233 e. The van der Waals surface area contributed by atoms with Gasteiger partial charge in [-0.05, 0) is 52.0 Å². The van der Waals surface area contributed by atoms with E-state index in [1.54, 1.807) is 7.11 Å². The lowest BCUT2D eigenvalue weighted by Gasteiger charge is -2.30. The number of carbonyl (C=O) groups excluding carboxylic acids is 1. The molecular formula is C17H25N5O2S. The Morgan fingerprint density at radius 3 is 2.32 bits per heavy atom. The number of hydrogen-bond donors (Lipinski definition) is 1. The molecule has 8 heteroatoms. The molecule has 1 aromatic carbocycles. The van der Waals surface area contributed by atoms with Crippen LogP contribution in [-0.2, 0) is 4.79 Å². The largest absolute Gasteiger partial charge is 0.497 e. The third kappa shape index (κ3) is 4.45. The van der Waals surface area contributed by atoms with Crippen molar-refractivity contribution in [3.05, 3.63) is 24.3 Å². The number of aromatic nitrogens is 3. The number of methoxy groups -OCH3 is 1. The van der Waals surface area contributed by atoms with Crippen LogP contribution < -0.4 is 10.6 Å². The number of ether oxygens (including phenoxy) is 1. The third-order valence-corrected chi connectivity index (χ3v) is 4.67. The lowest BCUT2D eigenvalue weighted by atomic mass is 10.2. The Hall–Kier alpha value is -2.22. The van der Waals surface area contributed by atoms with Gasteiger partial charge in [0.05, 0.1) is 12.9 Å². The second-order valence-corrected chi connectivity index (χ2v) is 7.12. The number of nitrogen functional groups attached to an aromatic ring is 1. The fraction of sp³-hybridized carbons (Fsp3) is 0.471. The van der Waals surface area contributed by atoms with Gasteiger partial charge in [-0.1, -0.05) is 11.8 Å². The van der Waals surface area contributed by atoms with Crippen molar-refractivity contribution in [3.63, 3.8) is 0 Å². The van der Waals surface area contributed by atoms with Crippen LogP contribution in [0, 0.1) is 0 Å². The van der Waals surface area contributed by atoms with E-state index >= 15 is 0 Å². The maximum atomic E-state index is 12.5. The summed E-state index contributed by atoms with van der Waals surface area (Å²) in [6.45, 7) is 8.04. The normalized spacial score (nSPS) is 11.2. The van der Waals surface area contributed by atoms with Crippen LogP contribution in [0.2, 0.25) is 0 Å². The standard InChI is InChI=1S/C17H25N5O2S/c1-11(2)21(12(3)4)15(23)10-25-17-20-19-16(22(17)18)13-6-8-14(24-5)9-7-13/h6-9,11-12H,10,18H2,1-5H3. The minimum Gasteiger partial charge on any atom is -0.497 e. The van der Waals surface area contributed by atoms with Crippen LogP contribution >= 0.6 is 11.8 Å². The van der Waals surface area contributed by atoms with Gasteiger partial charge in [-0.15, -0.1) is 10.2 Å². The van der Waals surface area contributed by atoms with Gasteiger partial charge >= 0.3 is 0 Å². The number of benzene rings is 1. The molecule has 0 saturated heterocycles. The van der Waals surface area contributed by atoms with Crippen molar-refractivity contribution in [3.8, 4) is 17.1 Å². The van der Waals surface area contributed by atoms with E-state index in [0.29, 0.717) is 11.0 Å². The summed E-state index contributed by atoms with van der Waals surface area (Å²) in [4.78, 5) is 14.3. The van der Waals surface area contributed by atoms with Crippen molar-refractivity contribution in [2.24, 2.45) is 0 Å². The Labute approximate surface area is 152 Å². The Morgan fingerprint density at radius 2 is 1.80 bits per heavy atom. The number of nitrogens with two attached hydrogens (primary N) is 1. The molecule has 0 unspecified atom stereocenters. The highest BCUT2D eigenvalue weighted by Crippen LogP contribution is 2.24. The van der Waals surface area contributed by atoms with Crippen LogP contribution in [0.25, 0.3) is 11.4 Å². The van der Waals surface area contributed by atoms with E-state index in [1.807, 2.05) is 56.9 Å². The predicted octanol–water partition coefficient (Wildman–Crippen LogP) is 2.41. The van der Waals surface area contributed by atoms with Gasteiger partial charge in [0, 0.05) is 17.6 Å². The molecule has 2 rings (SSSR count). The van der Waals surface area contributed by atoms with Crippen LogP contribution in [-0.4, -0.2) is 50.6 Å². The number of amides is 1. The first-order chi connectivity index (χ1) is 11.8. The fourth-order valence-electron chi connectivity index (χ4n) is 2.69. The van der Waals surface area contributed by atoms with Crippen LogP contribution in [0.5, 0.6) is 5.75 Å². The topological polar surface area (TPSA) is 86.3 Å². The lowest BCUT2D eigenvalue weighted by Crippen LogP contribution is -2.43. The zero-order chi connectivity index (χ0) is 18.6. The van der Waals surface area contributed by atoms with Crippen LogP contribution in [0.4, 0.5) is 0 Å². The van der Waals surface area contributed by atoms with E-state index < -0.39 is 0 Å². The van der Waals surface area contributed by atoms with Gasteiger partial charge in [-0.25, -0.2) is 4.68 Å². The maximum Gasteiger partial charge on any atom is 0.233 e. The Bertz CT molecular complexity index is 704. The van der Waals surface area contributed by atoms with Gasteiger partial charge in [0.25, 0.3) is 0 Å². The van der Waals surface area contributed by atoms with Crippen molar-refractivity contribution in [2.45, 2.75) is 44.9 Å². The summed E-state index contributed by atoms with van der Waals surface area (Å²) in [5.74, 6) is 7.74. The molecule has 0 aliphatic heterocycles. The Morgan fingerprint density at radius 1 is 1.20 bits per heavy atom. The van der Waals surface area contributed by atoms with Crippen molar-refractivity contribution < 1.29 is 9.53 Å². The number of carbonyl (C=O) groups is 1. The van der Waals surface area contributed by atoms with E-state index in [2.05, 4.69) is 10.2 Å². The average Bonchev–Trinajstić information content (AvgIpc) is 2.93. The Kier molecular flexibility index (Phi) is 6.30.